The fraction of sp³-hybridized carbons (Fsp3) is 0.222. The lowest BCUT2D eigenvalue weighted by molar-refractivity contribution is -0.384. The summed E-state index contributed by atoms with van der Waals surface area (Å²) in [6.07, 6.45) is 0. The van der Waals surface area contributed by atoms with Crippen LogP contribution in [0.4, 0.5) is 11.4 Å². The number of hydrogen-bond donors (Lipinski definition) is 1. The molecule has 0 aliphatic rings. The van der Waals surface area contributed by atoms with Crippen molar-refractivity contribution >= 4 is 28.9 Å². The number of carbonyl (C=O) groups excluding carboxylic acids is 1. The predicted octanol–water partition coefficient (Wildman–Crippen LogP) is 2.16. The third-order valence-corrected chi connectivity index (χ3v) is 1.91. The van der Waals surface area contributed by atoms with Crippen LogP contribution in [-0.2, 0) is 4.79 Å². The summed E-state index contributed by atoms with van der Waals surface area (Å²) >= 11 is 5.54. The van der Waals surface area contributed by atoms with Crippen molar-refractivity contribution in [1.29, 1.82) is 0 Å². The first-order valence-corrected chi connectivity index (χ1v) is 4.63. The van der Waals surface area contributed by atoms with Gasteiger partial charge >= 0.3 is 0 Å². The van der Waals surface area contributed by atoms with E-state index in [4.69, 9.17) is 11.6 Å². The molecule has 1 unspecified atom stereocenters. The molecule has 0 aliphatic carbocycles. The first-order valence-electron chi connectivity index (χ1n) is 4.20. The summed E-state index contributed by atoms with van der Waals surface area (Å²) in [5.74, 6) is -0.342. The van der Waals surface area contributed by atoms with Crippen LogP contribution in [0.1, 0.15) is 6.92 Å². The molecule has 1 amide bonds. The number of non-ortho nitro benzene ring substituents is 1. The molecule has 0 heterocycles. The van der Waals surface area contributed by atoms with Crippen molar-refractivity contribution in [2.45, 2.75) is 12.3 Å². The van der Waals surface area contributed by atoms with Gasteiger partial charge in [0.05, 0.1) is 4.92 Å². The third-order valence-electron chi connectivity index (χ3n) is 1.71. The van der Waals surface area contributed by atoms with E-state index in [1.807, 2.05) is 0 Å². The van der Waals surface area contributed by atoms with Crippen LogP contribution in [-0.4, -0.2) is 16.2 Å². The number of amides is 1. The summed E-state index contributed by atoms with van der Waals surface area (Å²) < 4.78 is 0. The van der Waals surface area contributed by atoms with E-state index in [2.05, 4.69) is 5.32 Å². The summed E-state index contributed by atoms with van der Waals surface area (Å²) in [5, 5.41) is 12.2. The van der Waals surface area contributed by atoms with Crippen LogP contribution in [0.25, 0.3) is 0 Å². The molecule has 80 valence electrons. The zero-order valence-corrected chi connectivity index (χ0v) is 8.69. The fourth-order valence-electron chi connectivity index (χ4n) is 0.908. The van der Waals surface area contributed by atoms with Crippen LogP contribution < -0.4 is 5.32 Å². The summed E-state index contributed by atoms with van der Waals surface area (Å²) in [6.45, 7) is 1.54. The topological polar surface area (TPSA) is 72.2 Å². The molecule has 1 aromatic rings. The van der Waals surface area contributed by atoms with Gasteiger partial charge in [0.1, 0.15) is 5.38 Å². The van der Waals surface area contributed by atoms with Gasteiger partial charge in [-0.3, -0.25) is 14.9 Å². The van der Waals surface area contributed by atoms with Crippen LogP contribution >= 0.6 is 11.6 Å². The van der Waals surface area contributed by atoms with Gasteiger partial charge in [0.25, 0.3) is 5.69 Å². The highest BCUT2D eigenvalue weighted by molar-refractivity contribution is 6.32. The number of benzene rings is 1. The van der Waals surface area contributed by atoms with E-state index in [-0.39, 0.29) is 11.6 Å². The van der Waals surface area contributed by atoms with Gasteiger partial charge in [-0.1, -0.05) is 0 Å². The number of nitrogens with one attached hydrogen (secondary N) is 1. The Balaban J connectivity index is 2.73. The highest BCUT2D eigenvalue weighted by atomic mass is 35.5. The van der Waals surface area contributed by atoms with Crippen molar-refractivity contribution in [2.24, 2.45) is 0 Å². The Hall–Kier alpha value is -1.62. The van der Waals surface area contributed by atoms with Gasteiger partial charge in [-0.2, -0.15) is 0 Å². The lowest BCUT2D eigenvalue weighted by Crippen LogP contribution is -2.20. The Morgan fingerprint density at radius 1 is 1.47 bits per heavy atom. The van der Waals surface area contributed by atoms with Gasteiger partial charge in [0.15, 0.2) is 0 Å². The molecule has 0 spiro atoms. The predicted molar refractivity (Wildman–Crippen MR) is 57.0 cm³/mol. The molecule has 15 heavy (non-hydrogen) atoms. The lowest BCUT2D eigenvalue weighted by Gasteiger charge is -2.05. The van der Waals surface area contributed by atoms with Gasteiger partial charge in [-0.15, -0.1) is 11.6 Å². The number of halogens is 1. The van der Waals surface area contributed by atoms with Crippen LogP contribution in [0.5, 0.6) is 0 Å². The summed E-state index contributed by atoms with van der Waals surface area (Å²) in [7, 11) is 0. The number of nitro groups is 1. The molecule has 1 rings (SSSR count). The largest absolute Gasteiger partial charge is 0.325 e. The molecule has 5 nitrogen and oxygen atoms in total. The second-order valence-corrected chi connectivity index (χ2v) is 3.56. The van der Waals surface area contributed by atoms with E-state index in [1.54, 1.807) is 6.92 Å². The maximum absolute atomic E-state index is 11.2. The SMILES string of the molecule is CC(Cl)C(=O)Nc1ccc([N+](=O)[O-])cc1. The van der Waals surface area contributed by atoms with Crippen LogP contribution in [0.2, 0.25) is 0 Å². The summed E-state index contributed by atoms with van der Waals surface area (Å²) in [6, 6.07) is 5.54. The van der Waals surface area contributed by atoms with Crippen molar-refractivity contribution in [1.82, 2.24) is 0 Å². The van der Waals surface area contributed by atoms with Crippen molar-refractivity contribution in [3.8, 4) is 0 Å². The minimum atomic E-state index is -0.639. The van der Waals surface area contributed by atoms with Gasteiger partial charge in [-0.05, 0) is 19.1 Å². The average molecular weight is 229 g/mol. The second kappa shape index (κ2) is 4.75. The molecular weight excluding hydrogens is 220 g/mol. The van der Waals surface area contributed by atoms with Crippen molar-refractivity contribution < 1.29 is 9.72 Å². The standard InChI is InChI=1S/C9H9ClN2O3/c1-6(10)9(13)11-7-2-4-8(5-3-7)12(14)15/h2-6H,1H3,(H,11,13). The van der Waals surface area contributed by atoms with Crippen LogP contribution in [0.15, 0.2) is 24.3 Å². The number of nitro benzene ring substituents is 1. The highest BCUT2D eigenvalue weighted by Gasteiger charge is 2.10. The summed E-state index contributed by atoms with van der Waals surface area (Å²) in [4.78, 5) is 21.0. The number of rotatable bonds is 3. The van der Waals surface area contributed by atoms with E-state index < -0.39 is 10.3 Å². The quantitative estimate of drug-likeness (QED) is 0.490. The van der Waals surface area contributed by atoms with E-state index in [1.165, 1.54) is 24.3 Å². The molecule has 0 radical (unpaired) electrons. The van der Waals surface area contributed by atoms with E-state index in [0.717, 1.165) is 0 Å². The fourth-order valence-corrected chi connectivity index (χ4v) is 0.963. The Labute approximate surface area is 91.2 Å². The Bertz CT molecular complexity index is 375. The average Bonchev–Trinajstić information content (AvgIpc) is 2.18. The molecule has 0 aromatic heterocycles. The molecule has 0 saturated carbocycles. The van der Waals surface area contributed by atoms with Crippen LogP contribution in [0.3, 0.4) is 0 Å². The van der Waals surface area contributed by atoms with Gasteiger partial charge < -0.3 is 5.32 Å². The minimum Gasteiger partial charge on any atom is -0.325 e. The molecule has 1 aromatic carbocycles. The number of carbonyl (C=O) groups is 1. The molecule has 0 saturated heterocycles. The van der Waals surface area contributed by atoms with Gasteiger partial charge in [-0.25, -0.2) is 0 Å². The van der Waals surface area contributed by atoms with Gasteiger partial charge in [0.2, 0.25) is 5.91 Å². The maximum Gasteiger partial charge on any atom is 0.269 e. The van der Waals surface area contributed by atoms with E-state index in [0.29, 0.717) is 5.69 Å². The number of anilines is 1. The first-order chi connectivity index (χ1) is 7.00. The highest BCUT2D eigenvalue weighted by Crippen LogP contribution is 2.15. The minimum absolute atomic E-state index is 0.0214. The third kappa shape index (κ3) is 3.21. The Morgan fingerprint density at radius 3 is 2.40 bits per heavy atom. The molecule has 1 atom stereocenters. The maximum atomic E-state index is 11.2. The van der Waals surface area contributed by atoms with Crippen molar-refractivity contribution in [3.63, 3.8) is 0 Å². The smallest absolute Gasteiger partial charge is 0.269 e. The second-order valence-electron chi connectivity index (χ2n) is 2.91. The summed E-state index contributed by atoms with van der Waals surface area (Å²) in [5.41, 5.74) is 0.463. The van der Waals surface area contributed by atoms with E-state index in [9.17, 15) is 14.9 Å². The van der Waals surface area contributed by atoms with Crippen molar-refractivity contribution in [2.75, 3.05) is 5.32 Å². The van der Waals surface area contributed by atoms with Gasteiger partial charge in [0, 0.05) is 17.8 Å². The Morgan fingerprint density at radius 2 is 2.00 bits per heavy atom. The Kier molecular flexibility index (Phi) is 3.62. The zero-order valence-electron chi connectivity index (χ0n) is 7.94. The first kappa shape index (κ1) is 11.5. The molecule has 1 N–H and O–H groups in total. The molecule has 0 bridgehead atoms. The molecule has 6 heteroatoms. The lowest BCUT2D eigenvalue weighted by atomic mass is 10.3. The monoisotopic (exact) mass is 228 g/mol. The molecule has 0 aliphatic heterocycles. The number of alkyl halides is 1. The van der Waals surface area contributed by atoms with E-state index >= 15 is 0 Å². The normalized spacial score (nSPS) is 11.9. The van der Waals surface area contributed by atoms with Crippen molar-refractivity contribution in [3.05, 3.63) is 34.4 Å². The molecular formula is C9H9ClN2O3. The number of hydrogen-bond acceptors (Lipinski definition) is 3. The van der Waals surface area contributed by atoms with Crippen LogP contribution in [0, 0.1) is 10.1 Å². The number of nitrogens with zero attached hydrogens (tertiary/aromatic N) is 1. The molecule has 0 fully saturated rings. The zero-order chi connectivity index (χ0) is 11.4.